The van der Waals surface area contributed by atoms with Crippen molar-refractivity contribution in [3.63, 3.8) is 0 Å². The number of nitrogens with one attached hydrogen (secondary N) is 2. The van der Waals surface area contributed by atoms with Gasteiger partial charge in [0.25, 0.3) is 0 Å². The number of tetrazole rings is 1. The molecule has 0 radical (unpaired) electrons. The minimum Gasteiger partial charge on any atom is -0.378 e. The van der Waals surface area contributed by atoms with Crippen LogP contribution >= 0.6 is 0 Å². The van der Waals surface area contributed by atoms with Crippen molar-refractivity contribution in [1.29, 1.82) is 0 Å². The van der Waals surface area contributed by atoms with Crippen molar-refractivity contribution in [3.05, 3.63) is 70.9 Å². The number of rotatable bonds is 9. The van der Waals surface area contributed by atoms with Gasteiger partial charge in [-0.3, -0.25) is 4.99 Å². The lowest BCUT2D eigenvalue weighted by molar-refractivity contribution is 0.181. The van der Waals surface area contributed by atoms with Gasteiger partial charge in [0, 0.05) is 19.2 Å². The zero-order valence-electron chi connectivity index (χ0n) is 23.8. The maximum absolute atomic E-state index is 5.05. The molecule has 4 aromatic rings. The van der Waals surface area contributed by atoms with Crippen LogP contribution in [0.4, 0.5) is 11.5 Å². The Hall–Kier alpha value is -3.91. The average Bonchev–Trinajstić information content (AvgIpc) is 3.47. The van der Waals surface area contributed by atoms with Crippen LogP contribution in [-0.2, 0) is 17.8 Å². The Morgan fingerprint density at radius 1 is 1.00 bits per heavy atom. The number of nitrogens with zero attached hydrogens (tertiary/aromatic N) is 5. The number of hydrogen-bond acceptors (Lipinski definition) is 7. The Morgan fingerprint density at radius 2 is 1.74 bits per heavy atom. The Labute approximate surface area is 227 Å². The zero-order valence-corrected chi connectivity index (χ0v) is 23.8. The lowest BCUT2D eigenvalue weighted by Gasteiger charge is -2.11. The van der Waals surface area contributed by atoms with Crippen molar-refractivity contribution in [3.8, 4) is 22.5 Å². The molecule has 0 aliphatic rings. The van der Waals surface area contributed by atoms with Gasteiger partial charge in [0.2, 0.25) is 5.82 Å². The predicted octanol–water partition coefficient (Wildman–Crippen LogP) is 7.12. The number of H-pyrrole nitrogens is 1. The highest BCUT2D eigenvalue weighted by molar-refractivity contribution is 5.80. The molecule has 0 saturated carbocycles. The monoisotopic (exact) mass is 515 g/mol. The van der Waals surface area contributed by atoms with E-state index in [4.69, 9.17) is 4.74 Å². The van der Waals surface area contributed by atoms with E-state index >= 15 is 0 Å². The van der Waals surface area contributed by atoms with Crippen molar-refractivity contribution < 1.29 is 4.74 Å². The summed E-state index contributed by atoms with van der Waals surface area (Å²) in [6, 6.07) is 16.8. The number of anilines is 1. The van der Waals surface area contributed by atoms with Gasteiger partial charge in [-0.15, -0.1) is 10.2 Å². The van der Waals surface area contributed by atoms with Crippen LogP contribution in [0.15, 0.2) is 53.5 Å². The fourth-order valence-electron chi connectivity index (χ4n) is 4.03. The van der Waals surface area contributed by atoms with E-state index in [-0.39, 0.29) is 0 Å². The van der Waals surface area contributed by atoms with Crippen molar-refractivity contribution in [1.82, 2.24) is 25.6 Å². The van der Waals surface area contributed by atoms with Crippen LogP contribution in [0.2, 0.25) is 0 Å². The summed E-state index contributed by atoms with van der Waals surface area (Å²) in [7, 11) is 1.66. The third kappa shape index (κ3) is 8.05. The van der Waals surface area contributed by atoms with Crippen LogP contribution in [0.3, 0.4) is 0 Å². The minimum absolute atomic E-state index is 0.511. The second-order valence-corrected chi connectivity index (χ2v) is 8.42. The summed E-state index contributed by atoms with van der Waals surface area (Å²) < 4.78 is 5.05. The van der Waals surface area contributed by atoms with Crippen LogP contribution in [0.5, 0.6) is 0 Å². The molecule has 0 fully saturated rings. The quantitative estimate of drug-likeness (QED) is 0.230. The molecular weight excluding hydrogens is 474 g/mol. The first kappa shape index (κ1) is 30.3. The molecule has 0 spiro atoms. The van der Waals surface area contributed by atoms with Gasteiger partial charge in [-0.25, -0.2) is 4.98 Å². The second-order valence-electron chi connectivity index (χ2n) is 8.42. The molecule has 0 unspecified atom stereocenters. The van der Waals surface area contributed by atoms with Gasteiger partial charge >= 0.3 is 0 Å². The molecule has 2 aromatic heterocycles. The molecule has 2 aromatic carbocycles. The third-order valence-corrected chi connectivity index (χ3v) is 5.72. The molecule has 0 aliphatic heterocycles. The van der Waals surface area contributed by atoms with Gasteiger partial charge in [-0.1, -0.05) is 69.7 Å². The van der Waals surface area contributed by atoms with Gasteiger partial charge in [-0.05, 0) is 73.0 Å². The number of ether oxygens (including phenoxy) is 1. The van der Waals surface area contributed by atoms with E-state index in [0.29, 0.717) is 12.4 Å². The molecule has 8 nitrogen and oxygen atoms in total. The summed E-state index contributed by atoms with van der Waals surface area (Å²) in [5.74, 6) is 1.41. The predicted molar refractivity (Wildman–Crippen MR) is 158 cm³/mol. The van der Waals surface area contributed by atoms with Crippen LogP contribution in [0.1, 0.15) is 56.5 Å². The van der Waals surface area contributed by atoms with E-state index in [9.17, 15) is 0 Å². The number of aromatic nitrogens is 5. The lowest BCUT2D eigenvalue weighted by atomic mass is 9.94. The van der Waals surface area contributed by atoms with Crippen LogP contribution < -0.4 is 5.32 Å². The average molecular weight is 516 g/mol. The van der Waals surface area contributed by atoms with Gasteiger partial charge in [0.05, 0.1) is 12.3 Å². The van der Waals surface area contributed by atoms with E-state index in [1.807, 2.05) is 52.0 Å². The van der Waals surface area contributed by atoms with Crippen molar-refractivity contribution >= 4 is 18.2 Å². The first-order chi connectivity index (χ1) is 18.5. The summed E-state index contributed by atoms with van der Waals surface area (Å²) >= 11 is 0. The molecule has 0 amide bonds. The Bertz CT molecular complexity index is 1270. The standard InChI is InChI=1S/C17H18N4.C11H17N3O.C2H6/c1-3-6-13-11-14(10-9-12(13)2)15-7-4-5-8-16(15)17-18-20-21-19-17;1-5-13-11-10(12-3)8(2)6-9(14-11)7-15-4;1-2/h4-5,7-11H,3,6H2,1-2H3,(H,18,19,20,21);6H,3,5,7H2,1-2,4H3,(H,13,14);1-2H3. The highest BCUT2D eigenvalue weighted by Gasteiger charge is 2.11. The van der Waals surface area contributed by atoms with E-state index < -0.39 is 0 Å². The first-order valence-corrected chi connectivity index (χ1v) is 13.1. The largest absolute Gasteiger partial charge is 0.378 e. The molecule has 0 saturated heterocycles. The summed E-state index contributed by atoms with van der Waals surface area (Å²) in [6.07, 6.45) is 2.25. The molecule has 0 bridgehead atoms. The molecule has 0 aliphatic carbocycles. The number of pyridine rings is 1. The normalized spacial score (nSPS) is 10.1. The number of aryl methyl sites for hydroxylation is 3. The summed E-state index contributed by atoms with van der Waals surface area (Å²) in [6.45, 7) is 17.3. The smallest absolute Gasteiger partial charge is 0.205 e. The number of aliphatic imine (C=N–C) groups is 1. The van der Waals surface area contributed by atoms with Gasteiger partial charge in [0.15, 0.2) is 5.82 Å². The van der Waals surface area contributed by atoms with E-state index in [2.05, 4.69) is 80.7 Å². The molecule has 38 heavy (non-hydrogen) atoms. The van der Waals surface area contributed by atoms with Crippen LogP contribution in [0.25, 0.3) is 22.5 Å². The third-order valence-electron chi connectivity index (χ3n) is 5.72. The molecule has 2 heterocycles. The maximum atomic E-state index is 5.05. The molecule has 2 N–H and O–H groups in total. The number of aromatic amines is 1. The summed E-state index contributed by atoms with van der Waals surface area (Å²) in [5.41, 5.74) is 8.85. The minimum atomic E-state index is 0.511. The molecule has 4 rings (SSSR count). The number of benzene rings is 2. The number of methoxy groups -OCH3 is 1. The maximum Gasteiger partial charge on any atom is 0.205 e. The van der Waals surface area contributed by atoms with E-state index in [1.165, 1.54) is 16.7 Å². The highest BCUT2D eigenvalue weighted by atomic mass is 16.5. The Kier molecular flexibility index (Phi) is 12.8. The van der Waals surface area contributed by atoms with E-state index in [1.54, 1.807) is 7.11 Å². The second kappa shape index (κ2) is 16.0. The van der Waals surface area contributed by atoms with Crippen LogP contribution in [-0.4, -0.2) is 46.0 Å². The van der Waals surface area contributed by atoms with Crippen molar-refractivity contribution in [2.24, 2.45) is 4.99 Å². The van der Waals surface area contributed by atoms with E-state index in [0.717, 1.165) is 53.3 Å². The molecule has 8 heteroatoms. The fraction of sp³-hybridized carbons (Fsp3) is 0.367. The van der Waals surface area contributed by atoms with Gasteiger partial charge < -0.3 is 10.1 Å². The molecule has 202 valence electrons. The lowest BCUT2D eigenvalue weighted by Crippen LogP contribution is -2.03. The highest BCUT2D eigenvalue weighted by Crippen LogP contribution is 2.31. The Morgan fingerprint density at radius 3 is 2.34 bits per heavy atom. The topological polar surface area (TPSA) is 101 Å². The Balaban J connectivity index is 0.000000264. The summed E-state index contributed by atoms with van der Waals surface area (Å²) in [4.78, 5) is 8.39. The van der Waals surface area contributed by atoms with Crippen molar-refractivity contribution in [2.75, 3.05) is 19.0 Å². The van der Waals surface area contributed by atoms with Crippen LogP contribution in [0, 0.1) is 13.8 Å². The first-order valence-electron chi connectivity index (χ1n) is 13.1. The molecule has 0 atom stereocenters. The van der Waals surface area contributed by atoms with Gasteiger partial charge in [0.1, 0.15) is 5.69 Å². The molecular formula is C30H41N7O. The van der Waals surface area contributed by atoms with Gasteiger partial charge in [-0.2, -0.15) is 5.21 Å². The SMILES string of the molecule is C=Nc1c(C)cc(COC)nc1NCC.CC.CCCc1cc(-c2ccccc2-c2nn[nH]n2)ccc1C. The fourth-order valence-corrected chi connectivity index (χ4v) is 4.03. The summed E-state index contributed by atoms with van der Waals surface area (Å²) in [5, 5.41) is 17.5. The zero-order chi connectivity index (χ0) is 27.9. The number of hydrogen-bond donors (Lipinski definition) is 2. The van der Waals surface area contributed by atoms with Crippen molar-refractivity contribution in [2.45, 2.75) is 61.0 Å².